The second kappa shape index (κ2) is 29.1. The van der Waals surface area contributed by atoms with E-state index < -0.39 is 60.1 Å². The van der Waals surface area contributed by atoms with Gasteiger partial charge in [-0.15, -0.1) is 0 Å². The van der Waals surface area contributed by atoms with Crippen LogP contribution >= 0.6 is 0 Å². The van der Waals surface area contributed by atoms with Gasteiger partial charge in [-0.3, -0.25) is 24.0 Å². The summed E-state index contributed by atoms with van der Waals surface area (Å²) in [5, 5.41) is 40.8. The highest BCUT2D eigenvalue weighted by Gasteiger charge is 2.18. The van der Waals surface area contributed by atoms with Crippen molar-refractivity contribution in [1.29, 1.82) is 0 Å². The van der Waals surface area contributed by atoms with Crippen LogP contribution in [0.15, 0.2) is 0 Å². The summed E-state index contributed by atoms with van der Waals surface area (Å²) in [5.74, 6) is -4.54. The summed E-state index contributed by atoms with van der Waals surface area (Å²) >= 11 is 0. The minimum Gasteiger partial charge on any atom is -0.480 e. The van der Waals surface area contributed by atoms with Crippen LogP contribution in [0.1, 0.15) is 73.6 Å². The molecule has 0 aromatic heterocycles. The van der Waals surface area contributed by atoms with Gasteiger partial charge in [0.05, 0.1) is 0 Å². The summed E-state index contributed by atoms with van der Waals surface area (Å²) in [6.45, 7) is 11.0. The summed E-state index contributed by atoms with van der Waals surface area (Å²) in [4.78, 5) is 49.6. The molecular weight excluding hydrogens is 532 g/mol. The third-order valence-electron chi connectivity index (χ3n) is 5.15. The molecule has 7 atom stereocenters. The van der Waals surface area contributed by atoms with Gasteiger partial charge >= 0.3 is 29.8 Å². The molecule has 0 unspecified atom stereocenters. The standard InChI is InChI=1S/C6H14N2O2.2C6H13NO2.2C3H7NO2/c7-4-2-1-3-5(8)6(9)10;2*1-3-4(2)5(7)6(8)9;2*1-2(4)3(5)6/h5H,1-4,7-8H2,(H,9,10);2*4-5H,3,7H2,1-2H3,(H,8,9);2*2H,4H2,1H3,(H,5,6)/t5-;2*4-,5-;2*2-/m00000/s1. The van der Waals surface area contributed by atoms with Gasteiger partial charge in [0.1, 0.15) is 30.2 Å². The highest BCUT2D eigenvalue weighted by molar-refractivity contribution is 5.74. The molecular formula is C24H54N6O10. The highest BCUT2D eigenvalue weighted by Crippen LogP contribution is 2.05. The first-order valence-corrected chi connectivity index (χ1v) is 12.8. The van der Waals surface area contributed by atoms with Gasteiger partial charge in [0, 0.05) is 0 Å². The molecule has 0 aliphatic carbocycles. The molecule has 0 amide bonds. The minimum absolute atomic E-state index is 0.0718. The molecule has 0 fully saturated rings. The van der Waals surface area contributed by atoms with Crippen LogP contribution < -0.4 is 34.4 Å². The molecule has 16 heteroatoms. The average Bonchev–Trinajstić information content (AvgIpc) is 2.87. The third kappa shape index (κ3) is 35.1. The Labute approximate surface area is 236 Å². The largest absolute Gasteiger partial charge is 0.480 e. The van der Waals surface area contributed by atoms with Gasteiger partial charge in [-0.2, -0.15) is 0 Å². The maximum Gasteiger partial charge on any atom is 0.320 e. The van der Waals surface area contributed by atoms with E-state index in [1.165, 1.54) is 13.8 Å². The number of hydrogen-bond donors (Lipinski definition) is 11. The molecule has 240 valence electrons. The van der Waals surface area contributed by atoms with E-state index in [1.807, 2.05) is 27.7 Å². The first kappa shape index (κ1) is 46.9. The van der Waals surface area contributed by atoms with E-state index in [0.717, 1.165) is 25.7 Å². The number of rotatable bonds is 13. The molecule has 0 saturated carbocycles. The number of carboxylic acids is 5. The average molecular weight is 587 g/mol. The lowest BCUT2D eigenvalue weighted by Gasteiger charge is -2.11. The van der Waals surface area contributed by atoms with Gasteiger partial charge in [-0.1, -0.05) is 47.0 Å². The predicted octanol–water partition coefficient (Wildman–Crippen LogP) is -0.748. The van der Waals surface area contributed by atoms with Gasteiger partial charge in [0.25, 0.3) is 0 Å². The number of carbonyl (C=O) groups is 5. The topological polar surface area (TPSA) is 343 Å². The van der Waals surface area contributed by atoms with Crippen molar-refractivity contribution in [1.82, 2.24) is 0 Å². The van der Waals surface area contributed by atoms with Crippen molar-refractivity contribution >= 4 is 29.8 Å². The second-order valence-corrected chi connectivity index (χ2v) is 8.98. The Morgan fingerprint density at radius 3 is 0.950 bits per heavy atom. The van der Waals surface area contributed by atoms with Crippen molar-refractivity contribution in [2.75, 3.05) is 6.54 Å². The predicted molar refractivity (Wildman–Crippen MR) is 151 cm³/mol. The van der Waals surface area contributed by atoms with Crippen LogP contribution in [0.5, 0.6) is 0 Å². The fraction of sp³-hybridized carbons (Fsp3) is 0.792. The van der Waals surface area contributed by atoms with Crippen LogP contribution in [0.2, 0.25) is 0 Å². The number of nitrogens with two attached hydrogens (primary N) is 6. The first-order chi connectivity index (χ1) is 18.1. The first-order valence-electron chi connectivity index (χ1n) is 12.8. The molecule has 0 aromatic rings. The molecule has 40 heavy (non-hydrogen) atoms. The summed E-state index contributed by atoms with van der Waals surface area (Å²) in [7, 11) is 0. The van der Waals surface area contributed by atoms with Crippen molar-refractivity contribution in [3.8, 4) is 0 Å². The SMILES string of the molecule is CC[C@H](C)[C@H](N)C(=O)O.CC[C@H](C)[C@H](N)C(=O)O.C[C@H](N)C(=O)O.C[C@H](N)C(=O)O.NCCCC[C@H](N)C(=O)O. The normalized spacial score (nSPS) is 14.9. The van der Waals surface area contributed by atoms with Crippen molar-refractivity contribution in [2.24, 2.45) is 46.2 Å². The van der Waals surface area contributed by atoms with Crippen LogP contribution in [0.25, 0.3) is 0 Å². The Morgan fingerprint density at radius 1 is 0.550 bits per heavy atom. The maximum absolute atomic E-state index is 10.2. The van der Waals surface area contributed by atoms with Crippen LogP contribution in [-0.4, -0.2) is 92.1 Å². The summed E-state index contributed by atoms with van der Waals surface area (Å²) < 4.78 is 0. The molecule has 0 aliphatic heterocycles. The van der Waals surface area contributed by atoms with Crippen LogP contribution in [0, 0.1) is 11.8 Å². The van der Waals surface area contributed by atoms with Crippen LogP contribution in [-0.2, 0) is 24.0 Å². The molecule has 17 N–H and O–H groups in total. The van der Waals surface area contributed by atoms with E-state index in [0.29, 0.717) is 13.0 Å². The number of aliphatic carboxylic acids is 5. The van der Waals surface area contributed by atoms with Crippen molar-refractivity contribution in [3.05, 3.63) is 0 Å². The summed E-state index contributed by atoms with van der Waals surface area (Å²) in [5.41, 5.74) is 30.6. The lowest BCUT2D eigenvalue weighted by molar-refractivity contribution is -0.140. The Hall–Kier alpha value is -2.89. The van der Waals surface area contributed by atoms with Gasteiger partial charge < -0.3 is 59.9 Å². The molecule has 0 saturated heterocycles. The second-order valence-electron chi connectivity index (χ2n) is 8.98. The van der Waals surface area contributed by atoms with E-state index in [-0.39, 0.29) is 11.8 Å². The summed E-state index contributed by atoms with van der Waals surface area (Å²) in [6.07, 6.45) is 3.79. The molecule has 0 radical (unpaired) electrons. The molecule has 0 bridgehead atoms. The maximum atomic E-state index is 10.2. The van der Waals surface area contributed by atoms with Crippen molar-refractivity contribution in [2.45, 2.75) is 104 Å². The minimum atomic E-state index is -0.963. The Bertz CT molecular complexity index is 651. The Morgan fingerprint density at radius 2 is 0.825 bits per heavy atom. The van der Waals surface area contributed by atoms with E-state index >= 15 is 0 Å². The lowest BCUT2D eigenvalue weighted by atomic mass is 10.0. The highest BCUT2D eigenvalue weighted by atomic mass is 16.4. The fourth-order valence-corrected chi connectivity index (χ4v) is 1.63. The third-order valence-corrected chi connectivity index (χ3v) is 5.15. The Balaban J connectivity index is -0.000000130. The zero-order valence-corrected chi connectivity index (χ0v) is 24.5. The number of carboxylic acid groups (broad SMARTS) is 5. The van der Waals surface area contributed by atoms with E-state index in [9.17, 15) is 24.0 Å². The molecule has 0 rings (SSSR count). The van der Waals surface area contributed by atoms with Crippen molar-refractivity contribution < 1.29 is 49.5 Å². The number of unbranched alkanes of at least 4 members (excludes halogenated alkanes) is 1. The molecule has 16 nitrogen and oxygen atoms in total. The monoisotopic (exact) mass is 586 g/mol. The van der Waals surface area contributed by atoms with Crippen LogP contribution in [0.3, 0.4) is 0 Å². The van der Waals surface area contributed by atoms with E-state index in [2.05, 4.69) is 0 Å². The van der Waals surface area contributed by atoms with Gasteiger partial charge in [-0.25, -0.2) is 0 Å². The lowest BCUT2D eigenvalue weighted by Crippen LogP contribution is -2.36. The zero-order valence-electron chi connectivity index (χ0n) is 24.5. The van der Waals surface area contributed by atoms with E-state index in [1.54, 1.807) is 0 Å². The van der Waals surface area contributed by atoms with Gasteiger partial charge in [0.2, 0.25) is 0 Å². The summed E-state index contributed by atoms with van der Waals surface area (Å²) in [6, 6.07) is -3.58. The van der Waals surface area contributed by atoms with Gasteiger partial charge in [0.15, 0.2) is 0 Å². The molecule has 0 aliphatic rings. The zero-order chi connectivity index (χ0) is 33.2. The smallest absolute Gasteiger partial charge is 0.320 e. The molecule has 0 aromatic carbocycles. The van der Waals surface area contributed by atoms with E-state index in [4.69, 9.17) is 59.9 Å². The fourth-order valence-electron chi connectivity index (χ4n) is 1.63. The Kier molecular flexibility index (Phi) is 34.1. The molecule has 0 spiro atoms. The quantitative estimate of drug-likeness (QED) is 0.118. The molecule has 0 heterocycles. The van der Waals surface area contributed by atoms with Crippen molar-refractivity contribution in [3.63, 3.8) is 0 Å². The number of hydrogen-bond acceptors (Lipinski definition) is 11. The van der Waals surface area contributed by atoms with Gasteiger partial charge in [-0.05, 0) is 45.1 Å². The van der Waals surface area contributed by atoms with Crippen LogP contribution in [0.4, 0.5) is 0 Å².